The molecular formula is C14H17BrCl2N2O5S. The van der Waals surface area contributed by atoms with Gasteiger partial charge in [0, 0.05) is 11.0 Å². The number of carbonyl (C=O) groups excluding carboxylic acids is 2. The average Bonchev–Trinajstić information content (AvgIpc) is 2.49. The second kappa shape index (κ2) is 9.72. The summed E-state index contributed by atoms with van der Waals surface area (Å²) < 4.78 is 32.0. The third kappa shape index (κ3) is 6.74. The zero-order chi connectivity index (χ0) is 19.2. The van der Waals surface area contributed by atoms with Crippen molar-refractivity contribution in [2.75, 3.05) is 13.1 Å². The number of nitrogens with one attached hydrogen (secondary N) is 2. The van der Waals surface area contributed by atoms with Crippen molar-refractivity contribution < 1.29 is 22.7 Å². The smallest absolute Gasteiger partial charge is 0.321 e. The molecule has 0 fully saturated rings. The molecule has 0 saturated heterocycles. The summed E-state index contributed by atoms with van der Waals surface area (Å²) in [6.45, 7) is 3.05. The number of amides is 1. The number of benzene rings is 1. The Morgan fingerprint density at radius 3 is 2.36 bits per heavy atom. The first-order valence-electron chi connectivity index (χ1n) is 7.20. The summed E-state index contributed by atoms with van der Waals surface area (Å²) in [6, 6.07) is 2.72. The predicted octanol–water partition coefficient (Wildman–Crippen LogP) is 2.49. The van der Waals surface area contributed by atoms with Crippen LogP contribution in [-0.4, -0.2) is 39.5 Å². The van der Waals surface area contributed by atoms with E-state index in [9.17, 15) is 18.0 Å². The van der Waals surface area contributed by atoms with Gasteiger partial charge in [-0.05, 0) is 25.5 Å². The fourth-order valence-corrected chi connectivity index (χ4v) is 4.60. The molecule has 0 unspecified atom stereocenters. The summed E-state index contributed by atoms with van der Waals surface area (Å²) in [7, 11) is -4.14. The lowest BCUT2D eigenvalue weighted by Crippen LogP contribution is -2.39. The predicted molar refractivity (Wildman–Crippen MR) is 98.2 cm³/mol. The highest BCUT2D eigenvalue weighted by atomic mass is 79.9. The minimum atomic E-state index is -4.14. The third-order valence-corrected chi connectivity index (χ3v) is 5.64. The van der Waals surface area contributed by atoms with Crippen LogP contribution in [0.5, 0.6) is 0 Å². The Morgan fingerprint density at radius 1 is 1.28 bits per heavy atom. The molecule has 0 saturated carbocycles. The number of ether oxygens (including phenoxy) is 1. The van der Waals surface area contributed by atoms with Crippen LogP contribution in [0, 0.1) is 0 Å². The summed E-state index contributed by atoms with van der Waals surface area (Å²) >= 11 is 15.0. The second-order valence-corrected chi connectivity index (χ2v) is 8.38. The molecule has 140 valence electrons. The van der Waals surface area contributed by atoms with Gasteiger partial charge in [0.05, 0.1) is 10.0 Å². The first-order valence-corrected chi connectivity index (χ1v) is 10.2. The van der Waals surface area contributed by atoms with E-state index in [1.165, 1.54) is 19.1 Å². The Labute approximate surface area is 164 Å². The van der Waals surface area contributed by atoms with Crippen LogP contribution in [0.3, 0.4) is 0 Å². The maximum atomic E-state index is 12.3. The summed E-state index contributed by atoms with van der Waals surface area (Å²) in [5.74, 6) is -1.37. The van der Waals surface area contributed by atoms with Gasteiger partial charge in [0.2, 0.25) is 10.0 Å². The van der Waals surface area contributed by atoms with Gasteiger partial charge in [-0.3, -0.25) is 9.59 Å². The number of sulfonamides is 1. The van der Waals surface area contributed by atoms with Gasteiger partial charge in [-0.1, -0.05) is 46.1 Å². The van der Waals surface area contributed by atoms with Gasteiger partial charge in [-0.2, -0.15) is 4.72 Å². The van der Waals surface area contributed by atoms with Gasteiger partial charge in [0.25, 0.3) is 5.91 Å². The molecule has 0 aliphatic carbocycles. The molecule has 0 aliphatic rings. The first-order chi connectivity index (χ1) is 11.6. The van der Waals surface area contributed by atoms with E-state index in [-0.39, 0.29) is 14.9 Å². The number of halogens is 3. The van der Waals surface area contributed by atoms with E-state index in [4.69, 9.17) is 27.9 Å². The fraction of sp³-hybridized carbons (Fsp3) is 0.429. The van der Waals surface area contributed by atoms with E-state index in [0.717, 1.165) is 6.42 Å². The lowest BCUT2D eigenvalue weighted by atomic mass is 10.3. The van der Waals surface area contributed by atoms with Gasteiger partial charge < -0.3 is 10.1 Å². The SMILES string of the molecule is CCCNC(=O)[C@@H](C)OC(=O)CNS(=O)(=O)c1c(Cl)cc(Br)cc1Cl. The highest BCUT2D eigenvalue weighted by molar-refractivity contribution is 9.10. The monoisotopic (exact) mass is 474 g/mol. The van der Waals surface area contributed by atoms with Crippen LogP contribution in [0.15, 0.2) is 21.5 Å². The van der Waals surface area contributed by atoms with E-state index in [1.807, 2.05) is 11.6 Å². The molecule has 1 rings (SSSR count). The maximum absolute atomic E-state index is 12.3. The van der Waals surface area contributed by atoms with Gasteiger partial charge in [0.1, 0.15) is 11.4 Å². The minimum absolute atomic E-state index is 0.104. The van der Waals surface area contributed by atoms with Crippen molar-refractivity contribution in [2.45, 2.75) is 31.3 Å². The lowest BCUT2D eigenvalue weighted by molar-refractivity contribution is -0.153. The number of hydrogen-bond acceptors (Lipinski definition) is 5. The number of carbonyl (C=O) groups is 2. The largest absolute Gasteiger partial charge is 0.452 e. The second-order valence-electron chi connectivity index (χ2n) is 4.95. The molecule has 0 aromatic heterocycles. The molecule has 1 amide bonds. The average molecular weight is 476 g/mol. The molecule has 1 aromatic carbocycles. The molecule has 1 atom stereocenters. The van der Waals surface area contributed by atoms with Crippen LogP contribution in [0.1, 0.15) is 20.3 Å². The summed E-state index contributed by atoms with van der Waals surface area (Å²) in [6.07, 6.45) is -0.301. The van der Waals surface area contributed by atoms with Crippen LogP contribution in [0.4, 0.5) is 0 Å². The van der Waals surface area contributed by atoms with Crippen molar-refractivity contribution in [3.63, 3.8) is 0 Å². The van der Waals surface area contributed by atoms with E-state index in [1.54, 1.807) is 0 Å². The van der Waals surface area contributed by atoms with Crippen LogP contribution in [-0.2, 0) is 24.3 Å². The molecule has 1 aromatic rings. The molecule has 0 spiro atoms. The molecule has 25 heavy (non-hydrogen) atoms. The summed E-state index contributed by atoms with van der Waals surface area (Å²) in [4.78, 5) is 23.0. The highest BCUT2D eigenvalue weighted by Crippen LogP contribution is 2.32. The van der Waals surface area contributed by atoms with E-state index < -0.39 is 34.5 Å². The first kappa shape index (κ1) is 22.2. The quantitative estimate of drug-likeness (QED) is 0.562. The maximum Gasteiger partial charge on any atom is 0.321 e. The lowest BCUT2D eigenvalue weighted by Gasteiger charge is -2.14. The molecule has 0 bridgehead atoms. The van der Waals surface area contributed by atoms with E-state index in [2.05, 4.69) is 21.2 Å². The standard InChI is InChI=1S/C14H17BrCl2N2O5S/c1-3-4-18-14(21)8(2)24-12(20)7-19-25(22,23)13-10(16)5-9(15)6-11(13)17/h5-6,8,19H,3-4,7H2,1-2H3,(H,18,21)/t8-/m1/s1. The third-order valence-electron chi connectivity index (χ3n) is 2.86. The molecule has 0 radical (unpaired) electrons. The molecule has 7 nitrogen and oxygen atoms in total. The Balaban J connectivity index is 2.71. The molecule has 11 heteroatoms. The fourth-order valence-electron chi connectivity index (χ4n) is 1.70. The Hall–Kier alpha value is -0.870. The molecular weight excluding hydrogens is 459 g/mol. The topological polar surface area (TPSA) is 102 Å². The molecule has 0 heterocycles. The van der Waals surface area contributed by atoms with Crippen LogP contribution in [0.2, 0.25) is 10.0 Å². The van der Waals surface area contributed by atoms with Gasteiger partial charge in [-0.15, -0.1) is 0 Å². The zero-order valence-electron chi connectivity index (χ0n) is 13.4. The van der Waals surface area contributed by atoms with Crippen molar-refractivity contribution in [3.05, 3.63) is 26.7 Å². The Kier molecular flexibility index (Phi) is 8.62. The van der Waals surface area contributed by atoms with E-state index >= 15 is 0 Å². The van der Waals surface area contributed by atoms with Crippen molar-refractivity contribution in [1.29, 1.82) is 0 Å². The minimum Gasteiger partial charge on any atom is -0.452 e. The van der Waals surface area contributed by atoms with Gasteiger partial charge >= 0.3 is 5.97 Å². The van der Waals surface area contributed by atoms with Crippen molar-refractivity contribution in [2.24, 2.45) is 0 Å². The summed E-state index contributed by atoms with van der Waals surface area (Å²) in [5.41, 5.74) is 0. The number of rotatable bonds is 8. The van der Waals surface area contributed by atoms with Gasteiger partial charge in [-0.25, -0.2) is 8.42 Å². The summed E-state index contributed by atoms with van der Waals surface area (Å²) in [5, 5.41) is 2.35. The zero-order valence-corrected chi connectivity index (χ0v) is 17.4. The number of hydrogen-bond donors (Lipinski definition) is 2. The van der Waals surface area contributed by atoms with Crippen molar-refractivity contribution in [1.82, 2.24) is 10.0 Å². The molecule has 0 aliphatic heterocycles. The highest BCUT2D eigenvalue weighted by Gasteiger charge is 2.24. The van der Waals surface area contributed by atoms with Gasteiger partial charge in [0.15, 0.2) is 6.10 Å². The number of esters is 1. The van der Waals surface area contributed by atoms with Crippen LogP contribution < -0.4 is 10.0 Å². The molecule has 2 N–H and O–H groups in total. The van der Waals surface area contributed by atoms with Crippen LogP contribution in [0.25, 0.3) is 0 Å². The Morgan fingerprint density at radius 2 is 1.84 bits per heavy atom. The van der Waals surface area contributed by atoms with E-state index in [0.29, 0.717) is 11.0 Å². The van der Waals surface area contributed by atoms with Crippen LogP contribution >= 0.6 is 39.1 Å². The van der Waals surface area contributed by atoms with Crippen molar-refractivity contribution in [3.8, 4) is 0 Å². The Bertz CT molecular complexity index is 735. The normalized spacial score (nSPS) is 12.5. The van der Waals surface area contributed by atoms with Crippen molar-refractivity contribution >= 4 is 61.0 Å².